The van der Waals surface area contributed by atoms with Gasteiger partial charge in [0.15, 0.2) is 0 Å². The number of ether oxygens (including phenoxy) is 7. The molecule has 0 amide bonds. The van der Waals surface area contributed by atoms with Crippen molar-refractivity contribution < 1.29 is 168 Å². The van der Waals surface area contributed by atoms with E-state index in [1.165, 1.54) is 0 Å². The molecule has 0 saturated heterocycles. The topological polar surface area (TPSA) is 288 Å². The molecular weight excluding hydrogens is 1260 g/mol. The maximum Gasteiger partial charge on any atom is 1.00 e. The summed E-state index contributed by atoms with van der Waals surface area (Å²) in [4.78, 5) is 0. The molecule has 0 atom stereocenters. The van der Waals surface area contributed by atoms with E-state index in [2.05, 4.69) is 52.6 Å². The Bertz CT molecular complexity index is 1020. The summed E-state index contributed by atoms with van der Waals surface area (Å²) < 4.78 is 35.5. The Kier molecular flexibility index (Phi) is 219. The molecule has 0 bridgehead atoms. The first kappa shape index (κ1) is 132. The maximum absolute atomic E-state index is 8.22. The van der Waals surface area contributed by atoms with Crippen molar-refractivity contribution in [2.24, 2.45) is 0 Å². The van der Waals surface area contributed by atoms with E-state index in [0.29, 0.717) is 91.8 Å². The Labute approximate surface area is 535 Å². The Balaban J connectivity index is -0.0000000285. The zero-order valence-electron chi connectivity index (χ0n) is 46.0. The molecule has 0 aliphatic carbocycles. The van der Waals surface area contributed by atoms with Crippen molar-refractivity contribution in [2.45, 2.75) is 106 Å². The van der Waals surface area contributed by atoms with Gasteiger partial charge in [0.1, 0.15) is 6.61 Å². The van der Waals surface area contributed by atoms with Gasteiger partial charge in [-0.15, -0.1) is 11.6 Å². The second-order valence-electron chi connectivity index (χ2n) is 14.4. The fourth-order valence-corrected chi connectivity index (χ4v) is 2.12. The number of allylic oxidation sites excluding steroid dienone is 2. The molecule has 0 aromatic rings. The summed E-state index contributed by atoms with van der Waals surface area (Å²) in [5.41, 5.74) is 9.06. The number of hydrogen-bond donors (Lipinski definition) is 8. The summed E-state index contributed by atoms with van der Waals surface area (Å²) >= 11 is 5.24. The number of halogens is 1. The smallest absolute Gasteiger partial charge is 0.870 e. The largest absolute Gasteiger partial charge is 1.00 e. The van der Waals surface area contributed by atoms with Crippen molar-refractivity contribution in [3.63, 3.8) is 0 Å². The average Bonchev–Trinajstić information content (AvgIpc) is 3.24. The predicted molar refractivity (Wildman–Crippen MR) is 315 cm³/mol. The van der Waals surface area contributed by atoms with Gasteiger partial charge in [0.25, 0.3) is 0 Å². The fourth-order valence-electron chi connectivity index (χ4n) is 2.12. The first-order valence-corrected chi connectivity index (χ1v) is 21.8. The summed E-state index contributed by atoms with van der Waals surface area (Å²) in [7, 11) is 0. The second kappa shape index (κ2) is 126. The van der Waals surface area contributed by atoms with Crippen molar-refractivity contribution >= 4 is 11.6 Å². The molecule has 0 aromatic heterocycles. The Morgan fingerprint density at radius 2 is 0.539 bits per heavy atom. The third-order valence-electron chi connectivity index (χ3n) is 4.53. The van der Waals surface area contributed by atoms with E-state index in [4.69, 9.17) is 85.6 Å². The summed E-state index contributed by atoms with van der Waals surface area (Å²) in [6, 6.07) is 0. The van der Waals surface area contributed by atoms with Gasteiger partial charge < -0.3 is 85.0 Å². The van der Waals surface area contributed by atoms with Crippen LogP contribution in [0.25, 0.3) is 0 Å². The minimum atomic E-state index is -0.125. The summed E-state index contributed by atoms with van der Waals surface area (Å²) in [6.45, 7) is 55.4. The van der Waals surface area contributed by atoms with E-state index in [9.17, 15) is 0 Å². The molecule has 1 radical (unpaired) electrons. The van der Waals surface area contributed by atoms with Gasteiger partial charge in [-0.25, -0.2) is 0 Å². The summed E-state index contributed by atoms with van der Waals surface area (Å²) in [6.07, 6.45) is 1.64. The van der Waals surface area contributed by atoms with Gasteiger partial charge in [-0.2, -0.15) is 0 Å². The van der Waals surface area contributed by atoms with Crippen LogP contribution in [0.15, 0.2) is 109 Å². The third-order valence-corrected chi connectivity index (χ3v) is 4.99. The quantitative estimate of drug-likeness (QED) is 0.0143. The molecule has 0 aliphatic rings. The molecule has 0 aromatic carbocycles. The SMILES string of the molecule is C.C.C.C.C.C=C(C)CCl.C=C(C)CO.C=C(C)COCCO.C=C(C)COCCO.C=C(C)COCCOCC(=C)C.C=C(C)COCCOCC(=C)C.CC(C)=COCCO.O.OCCO.OCCO.[Na+].[OH-].[W].[Y]. The van der Waals surface area contributed by atoms with Gasteiger partial charge in [-0.1, -0.05) is 134 Å². The van der Waals surface area contributed by atoms with Crippen LogP contribution in [-0.2, 0) is 86.9 Å². The molecule has 0 spiro atoms. The minimum Gasteiger partial charge on any atom is -0.870 e. The Morgan fingerprint density at radius 1 is 0.368 bits per heavy atom. The minimum absolute atomic E-state index is 0. The summed E-state index contributed by atoms with van der Waals surface area (Å²) in [5, 5.41) is 63.2. The zero-order chi connectivity index (χ0) is 53.4. The second-order valence-corrected chi connectivity index (χ2v) is 14.7. The average molecular weight is 1390 g/mol. The van der Waals surface area contributed by atoms with E-state index < -0.39 is 0 Å². The van der Waals surface area contributed by atoms with Crippen LogP contribution >= 0.6 is 11.6 Å². The molecule has 0 unspecified atom stereocenters. The van der Waals surface area contributed by atoms with E-state index in [0.717, 1.165) is 50.2 Å². The number of rotatable bonds is 29. The van der Waals surface area contributed by atoms with Gasteiger partial charge in [0.05, 0.1) is 138 Å². The van der Waals surface area contributed by atoms with E-state index in [1.807, 2.05) is 62.3 Å². The van der Waals surface area contributed by atoms with Crippen LogP contribution in [0.5, 0.6) is 0 Å². The van der Waals surface area contributed by atoms with Crippen LogP contribution in [0.1, 0.15) is 106 Å². The van der Waals surface area contributed by atoms with Crippen LogP contribution in [-0.4, -0.2) is 196 Å². The third kappa shape index (κ3) is 260. The predicted octanol–water partition coefficient (Wildman–Crippen LogP) is 5.88. The molecule has 76 heavy (non-hydrogen) atoms. The van der Waals surface area contributed by atoms with Crippen LogP contribution < -0.4 is 29.6 Å². The molecule has 0 rings (SSSR count). The van der Waals surface area contributed by atoms with Gasteiger partial charge in [0, 0.05) is 59.7 Å². The normalized spacial score (nSPS) is 7.72. The van der Waals surface area contributed by atoms with Gasteiger partial charge in [-0.05, 0) is 74.8 Å². The molecule has 0 aliphatic heterocycles. The van der Waals surface area contributed by atoms with Crippen molar-refractivity contribution in [3.05, 3.63) is 109 Å². The Morgan fingerprint density at radius 3 is 0.645 bits per heavy atom. The molecule has 0 saturated carbocycles. The monoisotopic (exact) mass is 1390 g/mol. The number of aliphatic hydroxyl groups is 8. The standard InChI is InChI=1S/2C10H18O2.3C6H12O2.C4H7Cl.C4H8O.2C2H6O2.5CH4.Na.2H2O.W.Y/c2*1-9(2)7-11-5-6-12-8-10(3)4;3*1-6(2)5-8-4-3-7;2*1-4(2)3-5;2*3-1-2-4;;;;;;;;;;/h2*1,3,5-8H2,2,4H3;5,7H,3-4H2,1-2H3;2*7H,1,3-5H2,2H3;1,3H2,2H3;5H,1,3H2,2H3;2*3-4H,1-2H2;5*1H4;;2*1H2;;/q;;;;;;;;;;;;;;+1;;;;/p-1. The number of hydrogen-bond acceptors (Lipinski definition) is 16. The molecule has 21 heteroatoms. The van der Waals surface area contributed by atoms with Crippen LogP contribution in [0.4, 0.5) is 0 Å². The Hall–Kier alpha value is -0.0978. The zero-order valence-corrected chi connectivity index (χ0v) is 54.6. The van der Waals surface area contributed by atoms with E-state index in [1.54, 1.807) is 13.2 Å². The van der Waals surface area contributed by atoms with Crippen LogP contribution in [0, 0.1) is 0 Å². The van der Waals surface area contributed by atoms with Crippen molar-refractivity contribution in [1.29, 1.82) is 0 Å². The maximum atomic E-state index is 8.22. The number of aliphatic hydroxyl groups excluding tert-OH is 8. The molecule has 0 fully saturated rings. The van der Waals surface area contributed by atoms with Crippen molar-refractivity contribution in [1.82, 2.24) is 0 Å². The van der Waals surface area contributed by atoms with Crippen LogP contribution in [0.2, 0.25) is 0 Å². The van der Waals surface area contributed by atoms with Crippen molar-refractivity contribution in [3.8, 4) is 0 Å². The number of alkyl halides is 1. The van der Waals surface area contributed by atoms with Crippen LogP contribution in [0.3, 0.4) is 0 Å². The molecule has 0 heterocycles. The van der Waals surface area contributed by atoms with Gasteiger partial charge in [0.2, 0.25) is 0 Å². The van der Waals surface area contributed by atoms with Crippen molar-refractivity contribution in [2.75, 3.05) is 145 Å². The summed E-state index contributed by atoms with van der Waals surface area (Å²) in [5.74, 6) is 0.583. The molecule has 17 nitrogen and oxygen atoms in total. The van der Waals surface area contributed by atoms with E-state index in [-0.39, 0.29) is 184 Å². The fraction of sp³-hybridized carbons (Fsp3) is 0.673. The molecule has 11 N–H and O–H groups in total. The first-order valence-electron chi connectivity index (χ1n) is 21.2. The van der Waals surface area contributed by atoms with Gasteiger partial charge in [-0.3, -0.25) is 0 Å². The van der Waals surface area contributed by atoms with E-state index >= 15 is 0 Å². The first-order chi connectivity index (χ1) is 30.9. The van der Waals surface area contributed by atoms with Gasteiger partial charge >= 0.3 is 29.6 Å². The molecular formula is C55H122ClNaO17WY. The molecule has 461 valence electrons.